The zero-order chi connectivity index (χ0) is 19.3. The van der Waals surface area contributed by atoms with Crippen LogP contribution < -0.4 is 9.62 Å². The molecular weight excluding hydrogens is 348 g/mol. The molecule has 0 aliphatic carbocycles. The Morgan fingerprint density at radius 2 is 1.69 bits per heavy atom. The Balaban J connectivity index is 2.39. The van der Waals surface area contributed by atoms with E-state index in [0.29, 0.717) is 18.2 Å². The SMILES string of the molecule is Cc1ccc(S(=O)(=O)N(CC(=O)NCC(C)C)c2cccc(C)c2)cc1. The van der Waals surface area contributed by atoms with Crippen LogP contribution in [-0.4, -0.2) is 27.4 Å². The van der Waals surface area contributed by atoms with Crippen molar-refractivity contribution in [2.75, 3.05) is 17.4 Å². The van der Waals surface area contributed by atoms with Gasteiger partial charge in [0.25, 0.3) is 10.0 Å². The Morgan fingerprint density at radius 1 is 1.04 bits per heavy atom. The summed E-state index contributed by atoms with van der Waals surface area (Å²) in [4.78, 5) is 12.5. The third kappa shape index (κ3) is 5.08. The standard InChI is InChI=1S/C20H26N2O3S/c1-15(2)13-21-20(23)14-22(18-7-5-6-17(4)12-18)26(24,25)19-10-8-16(3)9-11-19/h5-12,15H,13-14H2,1-4H3,(H,21,23). The maximum Gasteiger partial charge on any atom is 0.264 e. The van der Waals surface area contributed by atoms with Gasteiger partial charge in [0, 0.05) is 6.54 Å². The molecule has 0 fully saturated rings. The molecule has 0 radical (unpaired) electrons. The minimum absolute atomic E-state index is 0.168. The lowest BCUT2D eigenvalue weighted by molar-refractivity contribution is -0.119. The van der Waals surface area contributed by atoms with Crippen LogP contribution in [0.3, 0.4) is 0 Å². The highest BCUT2D eigenvalue weighted by atomic mass is 32.2. The van der Waals surface area contributed by atoms with Gasteiger partial charge in [0.1, 0.15) is 6.54 Å². The normalized spacial score (nSPS) is 11.4. The Hall–Kier alpha value is -2.34. The molecular formula is C20H26N2O3S. The van der Waals surface area contributed by atoms with E-state index in [1.54, 1.807) is 42.5 Å². The highest BCUT2D eigenvalue weighted by Crippen LogP contribution is 2.24. The quantitative estimate of drug-likeness (QED) is 0.809. The second-order valence-electron chi connectivity index (χ2n) is 6.86. The fourth-order valence-electron chi connectivity index (χ4n) is 2.44. The van der Waals surface area contributed by atoms with Crippen molar-refractivity contribution in [2.24, 2.45) is 5.92 Å². The number of carbonyl (C=O) groups excluding carboxylic acids is 1. The summed E-state index contributed by atoms with van der Waals surface area (Å²) in [7, 11) is -3.85. The zero-order valence-electron chi connectivity index (χ0n) is 15.7. The molecule has 0 heterocycles. The molecule has 0 aliphatic heterocycles. The van der Waals surface area contributed by atoms with Crippen molar-refractivity contribution in [1.29, 1.82) is 0 Å². The molecule has 2 aromatic rings. The Labute approximate surface area is 156 Å². The van der Waals surface area contributed by atoms with Crippen LogP contribution in [0.15, 0.2) is 53.4 Å². The molecule has 0 aromatic heterocycles. The molecule has 2 aromatic carbocycles. The average Bonchev–Trinajstić information content (AvgIpc) is 2.58. The van der Waals surface area contributed by atoms with Crippen molar-refractivity contribution in [1.82, 2.24) is 5.32 Å². The molecule has 0 spiro atoms. The zero-order valence-corrected chi connectivity index (χ0v) is 16.5. The Bertz CT molecular complexity index is 859. The van der Waals surface area contributed by atoms with Crippen molar-refractivity contribution in [2.45, 2.75) is 32.6 Å². The maximum atomic E-state index is 13.2. The summed E-state index contributed by atoms with van der Waals surface area (Å²) in [5.41, 5.74) is 2.38. The van der Waals surface area contributed by atoms with E-state index in [-0.39, 0.29) is 17.3 Å². The van der Waals surface area contributed by atoms with Gasteiger partial charge in [0.2, 0.25) is 5.91 Å². The number of aryl methyl sites for hydroxylation is 2. The van der Waals surface area contributed by atoms with Crippen molar-refractivity contribution >= 4 is 21.6 Å². The van der Waals surface area contributed by atoms with Gasteiger partial charge in [-0.25, -0.2) is 8.42 Å². The Morgan fingerprint density at radius 3 is 2.27 bits per heavy atom. The number of hydrogen-bond donors (Lipinski definition) is 1. The van der Waals surface area contributed by atoms with E-state index in [0.717, 1.165) is 11.1 Å². The lowest BCUT2D eigenvalue weighted by Crippen LogP contribution is -2.41. The molecule has 0 atom stereocenters. The monoisotopic (exact) mass is 374 g/mol. The molecule has 26 heavy (non-hydrogen) atoms. The molecule has 5 nitrogen and oxygen atoms in total. The largest absolute Gasteiger partial charge is 0.354 e. The highest BCUT2D eigenvalue weighted by Gasteiger charge is 2.27. The van der Waals surface area contributed by atoms with Crippen LogP contribution in [0.4, 0.5) is 5.69 Å². The molecule has 1 amide bonds. The molecule has 0 unspecified atom stereocenters. The highest BCUT2D eigenvalue weighted by molar-refractivity contribution is 7.92. The van der Waals surface area contributed by atoms with Gasteiger partial charge in [-0.05, 0) is 49.6 Å². The fraction of sp³-hybridized carbons (Fsp3) is 0.350. The first-order chi connectivity index (χ1) is 12.2. The van der Waals surface area contributed by atoms with Crippen molar-refractivity contribution in [3.63, 3.8) is 0 Å². The predicted octanol–water partition coefficient (Wildman–Crippen LogP) is 3.27. The molecule has 0 saturated carbocycles. The molecule has 1 N–H and O–H groups in total. The summed E-state index contributed by atoms with van der Waals surface area (Å²) in [6, 6.07) is 13.8. The van der Waals surface area contributed by atoms with Crippen molar-refractivity contribution in [3.8, 4) is 0 Å². The van der Waals surface area contributed by atoms with E-state index >= 15 is 0 Å². The van der Waals surface area contributed by atoms with E-state index in [2.05, 4.69) is 5.32 Å². The summed E-state index contributed by atoms with van der Waals surface area (Å²) in [6.45, 7) is 8.01. The van der Waals surface area contributed by atoms with E-state index in [4.69, 9.17) is 0 Å². The van der Waals surface area contributed by atoms with Crippen LogP contribution in [0.5, 0.6) is 0 Å². The molecule has 2 rings (SSSR count). The third-order valence-corrected chi connectivity index (χ3v) is 5.68. The third-order valence-electron chi connectivity index (χ3n) is 3.89. The van der Waals surface area contributed by atoms with Crippen LogP contribution in [-0.2, 0) is 14.8 Å². The number of anilines is 1. The summed E-state index contributed by atoms with van der Waals surface area (Å²) < 4.78 is 27.5. The van der Waals surface area contributed by atoms with Crippen LogP contribution in [0.25, 0.3) is 0 Å². The Kier molecular flexibility index (Phi) is 6.42. The second kappa shape index (κ2) is 8.36. The lowest BCUT2D eigenvalue weighted by atomic mass is 10.2. The van der Waals surface area contributed by atoms with Gasteiger partial charge in [0.05, 0.1) is 10.6 Å². The molecule has 0 saturated heterocycles. The predicted molar refractivity (Wildman–Crippen MR) is 105 cm³/mol. The van der Waals surface area contributed by atoms with Crippen LogP contribution in [0, 0.1) is 19.8 Å². The molecule has 140 valence electrons. The first-order valence-corrected chi connectivity index (χ1v) is 10.1. The van der Waals surface area contributed by atoms with Crippen molar-refractivity contribution < 1.29 is 13.2 Å². The molecule has 0 bridgehead atoms. The number of amides is 1. The van der Waals surface area contributed by atoms with E-state index in [9.17, 15) is 13.2 Å². The van der Waals surface area contributed by atoms with Gasteiger partial charge < -0.3 is 5.32 Å². The van der Waals surface area contributed by atoms with Gasteiger partial charge in [0.15, 0.2) is 0 Å². The van der Waals surface area contributed by atoms with E-state index < -0.39 is 10.0 Å². The minimum Gasteiger partial charge on any atom is -0.354 e. The number of carbonyl (C=O) groups is 1. The number of sulfonamides is 1. The number of rotatable bonds is 7. The van der Waals surface area contributed by atoms with Crippen molar-refractivity contribution in [3.05, 3.63) is 59.7 Å². The second-order valence-corrected chi connectivity index (χ2v) is 8.72. The lowest BCUT2D eigenvalue weighted by Gasteiger charge is -2.24. The van der Waals surface area contributed by atoms with Crippen LogP contribution in [0.2, 0.25) is 0 Å². The topological polar surface area (TPSA) is 66.5 Å². The van der Waals surface area contributed by atoms with Gasteiger partial charge in [-0.15, -0.1) is 0 Å². The average molecular weight is 375 g/mol. The van der Waals surface area contributed by atoms with Gasteiger partial charge >= 0.3 is 0 Å². The number of nitrogens with one attached hydrogen (secondary N) is 1. The van der Waals surface area contributed by atoms with E-state index in [1.807, 2.05) is 33.8 Å². The van der Waals surface area contributed by atoms with Crippen LogP contribution >= 0.6 is 0 Å². The number of hydrogen-bond acceptors (Lipinski definition) is 3. The first-order valence-electron chi connectivity index (χ1n) is 8.63. The first kappa shape index (κ1) is 20.0. The van der Waals surface area contributed by atoms with E-state index in [1.165, 1.54) is 4.31 Å². The summed E-state index contributed by atoms with van der Waals surface area (Å²) in [5.74, 6) is -0.0315. The summed E-state index contributed by atoms with van der Waals surface area (Å²) >= 11 is 0. The molecule has 0 aliphatic rings. The molecule has 6 heteroatoms. The minimum atomic E-state index is -3.85. The smallest absolute Gasteiger partial charge is 0.264 e. The number of benzene rings is 2. The fourth-order valence-corrected chi connectivity index (χ4v) is 3.85. The number of nitrogens with zero attached hydrogens (tertiary/aromatic N) is 1. The van der Waals surface area contributed by atoms with Gasteiger partial charge in [-0.2, -0.15) is 0 Å². The van der Waals surface area contributed by atoms with Crippen LogP contribution in [0.1, 0.15) is 25.0 Å². The summed E-state index contributed by atoms with van der Waals surface area (Å²) in [5, 5.41) is 2.78. The van der Waals surface area contributed by atoms with Gasteiger partial charge in [-0.1, -0.05) is 43.7 Å². The van der Waals surface area contributed by atoms with Gasteiger partial charge in [-0.3, -0.25) is 9.10 Å². The maximum absolute atomic E-state index is 13.2. The summed E-state index contributed by atoms with van der Waals surface area (Å²) in [6.07, 6.45) is 0.